The molecule has 0 spiro atoms. The van der Waals surface area contributed by atoms with E-state index in [4.69, 9.17) is 37.9 Å². The quantitative estimate of drug-likeness (QED) is 0.0512. The van der Waals surface area contributed by atoms with Crippen LogP contribution >= 0.6 is 0 Å². The predicted molar refractivity (Wildman–Crippen MR) is 181 cm³/mol. The zero-order valence-corrected chi connectivity index (χ0v) is 31.2. The van der Waals surface area contributed by atoms with Crippen LogP contribution in [0.4, 0.5) is 0 Å². The van der Waals surface area contributed by atoms with Crippen LogP contribution in [0.2, 0.25) is 0 Å². The van der Waals surface area contributed by atoms with Crippen molar-refractivity contribution < 1.29 is 98.9 Å². The Kier molecular flexibility index (Phi) is 18.3. The molecule has 12 N–H and O–H groups in total. The molecule has 0 bridgehead atoms. The Morgan fingerprint density at radius 1 is 0.673 bits per heavy atom. The molecule has 0 aliphatic carbocycles. The number of rotatable bonds is 20. The summed E-state index contributed by atoms with van der Waals surface area (Å²) >= 11 is 0. The zero-order chi connectivity index (χ0) is 40.6. The highest BCUT2D eigenvalue weighted by molar-refractivity contribution is 5.73. The van der Waals surface area contributed by atoms with Crippen molar-refractivity contribution in [3.63, 3.8) is 0 Å². The number of ether oxygens (including phenoxy) is 8. The third kappa shape index (κ3) is 11.3. The van der Waals surface area contributed by atoms with Crippen molar-refractivity contribution in [2.75, 3.05) is 26.4 Å². The SMILES string of the molecule is CCCCCCCCO[C@H]1O[C@H](CO)[C@@H](O)[C@H](O[C@@H]2O[C@@H](C)[C@H](O[C@@H]3O[C@@H]([C@@H](CO)O[C@@H]4O[C@@H]([C@H](O)CO)[C@H](O)[C@H]4O)[C@H](O)[C@H]3O)[C@@H](O)[C@H]2O)[C@H]1NC(C)=O. The van der Waals surface area contributed by atoms with Crippen LogP contribution in [0.25, 0.3) is 0 Å². The Hall–Kier alpha value is -1.29. The van der Waals surface area contributed by atoms with Crippen LogP contribution in [0.5, 0.6) is 0 Å². The smallest absolute Gasteiger partial charge is 0.217 e. The van der Waals surface area contributed by atoms with Crippen LogP contribution in [-0.2, 0) is 42.7 Å². The molecular formula is C34H61NO20. The molecular weight excluding hydrogens is 742 g/mol. The number of carbonyl (C=O) groups excluding carboxylic acids is 1. The van der Waals surface area contributed by atoms with E-state index in [1.165, 1.54) is 13.8 Å². The van der Waals surface area contributed by atoms with Gasteiger partial charge in [-0.05, 0) is 13.3 Å². The second kappa shape index (κ2) is 21.6. The first-order valence-electron chi connectivity index (χ1n) is 18.9. The van der Waals surface area contributed by atoms with E-state index in [1.54, 1.807) is 0 Å². The van der Waals surface area contributed by atoms with Crippen molar-refractivity contribution in [1.29, 1.82) is 0 Å². The number of hydrogen-bond donors (Lipinski definition) is 12. The van der Waals surface area contributed by atoms with Gasteiger partial charge in [0.2, 0.25) is 5.91 Å². The molecule has 4 aliphatic heterocycles. The van der Waals surface area contributed by atoms with Gasteiger partial charge in [-0.1, -0.05) is 39.0 Å². The second-order valence-corrected chi connectivity index (χ2v) is 14.5. The molecule has 4 aliphatic rings. The number of nitrogens with one attached hydrogen (secondary N) is 1. The summed E-state index contributed by atoms with van der Waals surface area (Å²) in [5.74, 6) is -0.518. The molecule has 0 aromatic rings. The average molecular weight is 804 g/mol. The molecule has 21 nitrogen and oxygen atoms in total. The minimum absolute atomic E-state index is 0.246. The maximum absolute atomic E-state index is 12.2. The van der Waals surface area contributed by atoms with Gasteiger partial charge < -0.3 is 99.4 Å². The Bertz CT molecular complexity index is 1140. The van der Waals surface area contributed by atoms with Crippen LogP contribution in [0, 0.1) is 0 Å². The lowest BCUT2D eigenvalue weighted by Gasteiger charge is -2.48. The monoisotopic (exact) mass is 803 g/mol. The van der Waals surface area contributed by atoms with Crippen molar-refractivity contribution >= 4 is 5.91 Å². The summed E-state index contributed by atoms with van der Waals surface area (Å²) < 4.78 is 45.8. The highest BCUT2D eigenvalue weighted by atomic mass is 16.8. The molecule has 0 unspecified atom stereocenters. The van der Waals surface area contributed by atoms with Gasteiger partial charge in [0.1, 0.15) is 91.5 Å². The summed E-state index contributed by atoms with van der Waals surface area (Å²) in [6.07, 6.45) is -23.7. The Balaban J connectivity index is 1.39. The van der Waals surface area contributed by atoms with Gasteiger partial charge in [-0.15, -0.1) is 0 Å². The van der Waals surface area contributed by atoms with Gasteiger partial charge in [0, 0.05) is 13.5 Å². The van der Waals surface area contributed by atoms with E-state index in [0.29, 0.717) is 6.42 Å². The van der Waals surface area contributed by atoms with Crippen molar-refractivity contribution in [2.24, 2.45) is 0 Å². The largest absolute Gasteiger partial charge is 0.394 e. The molecule has 0 aromatic heterocycles. The van der Waals surface area contributed by atoms with E-state index < -0.39 is 148 Å². The van der Waals surface area contributed by atoms with Gasteiger partial charge in [0.25, 0.3) is 0 Å². The number of carbonyl (C=O) groups is 1. The van der Waals surface area contributed by atoms with Crippen molar-refractivity contribution in [1.82, 2.24) is 5.32 Å². The lowest BCUT2D eigenvalue weighted by Crippen LogP contribution is -2.68. The first-order valence-corrected chi connectivity index (χ1v) is 18.9. The molecule has 0 aromatic carbocycles. The zero-order valence-electron chi connectivity index (χ0n) is 31.2. The van der Waals surface area contributed by atoms with Crippen LogP contribution < -0.4 is 5.32 Å². The summed E-state index contributed by atoms with van der Waals surface area (Å²) in [5.41, 5.74) is 0. The van der Waals surface area contributed by atoms with Gasteiger partial charge in [-0.25, -0.2) is 0 Å². The van der Waals surface area contributed by atoms with E-state index in [-0.39, 0.29) is 6.61 Å². The summed E-state index contributed by atoms with van der Waals surface area (Å²) in [4.78, 5) is 12.2. The Labute approximate surface area is 318 Å². The summed E-state index contributed by atoms with van der Waals surface area (Å²) in [5, 5.41) is 117. The molecule has 0 saturated carbocycles. The maximum Gasteiger partial charge on any atom is 0.217 e. The molecule has 0 radical (unpaired) electrons. The van der Waals surface area contributed by atoms with Gasteiger partial charge in [0.05, 0.1) is 25.9 Å². The van der Waals surface area contributed by atoms with Crippen LogP contribution in [-0.4, -0.2) is 211 Å². The minimum atomic E-state index is -1.87. The number of unbranched alkanes of at least 4 members (excludes halogenated alkanes) is 5. The number of hydrogen-bond acceptors (Lipinski definition) is 20. The number of amides is 1. The van der Waals surface area contributed by atoms with Crippen LogP contribution in [0.3, 0.4) is 0 Å². The molecule has 21 heteroatoms. The fourth-order valence-electron chi connectivity index (χ4n) is 7.15. The van der Waals surface area contributed by atoms with Crippen LogP contribution in [0.1, 0.15) is 59.3 Å². The third-order valence-electron chi connectivity index (χ3n) is 10.3. The lowest BCUT2D eigenvalue weighted by atomic mass is 9.95. The highest BCUT2D eigenvalue weighted by Crippen LogP contribution is 2.35. The second-order valence-electron chi connectivity index (χ2n) is 14.5. The molecule has 4 fully saturated rings. The molecule has 4 rings (SSSR count). The molecule has 322 valence electrons. The van der Waals surface area contributed by atoms with E-state index in [2.05, 4.69) is 12.2 Å². The van der Waals surface area contributed by atoms with E-state index >= 15 is 0 Å². The molecule has 20 atom stereocenters. The normalized spacial score (nSPS) is 43.4. The fraction of sp³-hybridized carbons (Fsp3) is 0.971. The maximum atomic E-state index is 12.2. The molecule has 4 heterocycles. The summed E-state index contributed by atoms with van der Waals surface area (Å²) in [6.45, 7) is 2.72. The highest BCUT2D eigenvalue weighted by Gasteiger charge is 2.55. The van der Waals surface area contributed by atoms with Crippen molar-refractivity contribution in [2.45, 2.75) is 182 Å². The minimum Gasteiger partial charge on any atom is -0.394 e. The average Bonchev–Trinajstić information content (AvgIpc) is 3.60. The van der Waals surface area contributed by atoms with Crippen LogP contribution in [0.15, 0.2) is 0 Å². The van der Waals surface area contributed by atoms with Crippen molar-refractivity contribution in [3.8, 4) is 0 Å². The number of aliphatic hydroxyl groups is 11. The summed E-state index contributed by atoms with van der Waals surface area (Å²) in [6, 6.07) is -1.14. The van der Waals surface area contributed by atoms with Gasteiger partial charge in [0.15, 0.2) is 25.2 Å². The Morgan fingerprint density at radius 2 is 1.25 bits per heavy atom. The summed E-state index contributed by atoms with van der Waals surface area (Å²) in [7, 11) is 0. The molecule has 1 amide bonds. The first-order chi connectivity index (χ1) is 26.2. The standard InChI is InChI=1S/C34H61NO20/c1-4-5-6-7-8-9-10-48-31-19(35-15(3)39)30(20(41)17(12-37)50-31)55-32-24(45)21(42)27(14(2)49-32)52-34-26(47)23(44)29(54-34)18(13-38)51-33-25(46)22(43)28(53-33)16(40)11-36/h14,16-34,36-38,40-47H,4-13H2,1-3H3,(H,35,39)/t14-,16+,17+,18+,19+,20+,21-,22+,23+,24+,25+,26+,27-,28-,29-,30+,31-,32-,33+,34+/m0/s1. The lowest BCUT2D eigenvalue weighted by molar-refractivity contribution is -0.354. The predicted octanol–water partition coefficient (Wildman–Crippen LogP) is -5.19. The Morgan fingerprint density at radius 3 is 1.89 bits per heavy atom. The van der Waals surface area contributed by atoms with E-state index in [1.807, 2.05) is 0 Å². The molecule has 4 saturated heterocycles. The van der Waals surface area contributed by atoms with Gasteiger partial charge in [-0.3, -0.25) is 4.79 Å². The van der Waals surface area contributed by atoms with Gasteiger partial charge >= 0.3 is 0 Å². The molecule has 55 heavy (non-hydrogen) atoms. The van der Waals surface area contributed by atoms with Gasteiger partial charge in [-0.2, -0.15) is 0 Å². The third-order valence-corrected chi connectivity index (χ3v) is 10.3. The van der Waals surface area contributed by atoms with E-state index in [9.17, 15) is 61.0 Å². The fourth-order valence-corrected chi connectivity index (χ4v) is 7.15. The first kappa shape index (κ1) is 46.4. The van der Waals surface area contributed by atoms with E-state index in [0.717, 1.165) is 32.1 Å². The number of aliphatic hydroxyl groups excluding tert-OH is 11. The van der Waals surface area contributed by atoms with Crippen molar-refractivity contribution in [3.05, 3.63) is 0 Å². The topological polar surface area (TPSA) is 325 Å².